The number of ether oxygens (including phenoxy) is 1. The molecule has 128 valence electrons. The Morgan fingerprint density at radius 3 is 2.79 bits per heavy atom. The van der Waals surface area contributed by atoms with Gasteiger partial charge >= 0.3 is 6.09 Å². The zero-order valence-electron chi connectivity index (χ0n) is 14.1. The number of nitrogens with two attached hydrogens (primary N) is 1. The van der Waals surface area contributed by atoms with Crippen molar-refractivity contribution >= 4 is 11.8 Å². The Kier molecular flexibility index (Phi) is 4.09. The zero-order chi connectivity index (χ0) is 17.5. The molecule has 1 aromatic heterocycles. The van der Waals surface area contributed by atoms with E-state index in [0.29, 0.717) is 24.3 Å². The number of aromatic nitrogens is 1. The third-order valence-electron chi connectivity index (χ3n) is 3.92. The largest absolute Gasteiger partial charge is 0.443 e. The van der Waals surface area contributed by atoms with Gasteiger partial charge in [-0.05, 0) is 44.5 Å². The Morgan fingerprint density at radius 2 is 2.12 bits per heavy atom. The molecule has 3 N–H and O–H groups in total. The third kappa shape index (κ3) is 3.01. The van der Waals surface area contributed by atoms with E-state index < -0.39 is 17.5 Å². The topological polar surface area (TPSA) is 69.3 Å². The van der Waals surface area contributed by atoms with Gasteiger partial charge in [-0.15, -0.1) is 0 Å². The predicted octanol–water partition coefficient (Wildman–Crippen LogP) is 3.31. The van der Waals surface area contributed by atoms with Crippen molar-refractivity contribution in [3.63, 3.8) is 0 Å². The summed E-state index contributed by atoms with van der Waals surface area (Å²) in [6, 6.07) is 6.34. The lowest BCUT2D eigenvalue weighted by atomic mass is 10.1. The van der Waals surface area contributed by atoms with Gasteiger partial charge in [0.15, 0.2) is 0 Å². The van der Waals surface area contributed by atoms with Gasteiger partial charge in [-0.25, -0.2) is 13.8 Å². The summed E-state index contributed by atoms with van der Waals surface area (Å²) in [7, 11) is 0. The Morgan fingerprint density at radius 1 is 1.38 bits per heavy atom. The third-order valence-corrected chi connectivity index (χ3v) is 3.92. The van der Waals surface area contributed by atoms with Crippen molar-refractivity contribution < 1.29 is 13.9 Å². The van der Waals surface area contributed by atoms with Gasteiger partial charge < -0.3 is 15.8 Å². The molecule has 0 radical (unpaired) electrons. The van der Waals surface area contributed by atoms with Crippen molar-refractivity contribution in [2.45, 2.75) is 39.3 Å². The Bertz CT molecular complexity index is 770. The van der Waals surface area contributed by atoms with Crippen LogP contribution in [0.15, 0.2) is 24.3 Å². The van der Waals surface area contributed by atoms with Crippen LogP contribution in [0.25, 0.3) is 11.3 Å². The van der Waals surface area contributed by atoms with Crippen LogP contribution >= 0.6 is 0 Å². The van der Waals surface area contributed by atoms with Crippen LogP contribution in [0.1, 0.15) is 32.0 Å². The molecule has 1 aliphatic heterocycles. The maximum absolute atomic E-state index is 14.4. The lowest BCUT2D eigenvalue weighted by Gasteiger charge is -2.23. The number of carbonyl (C=O) groups is 1. The van der Waals surface area contributed by atoms with Gasteiger partial charge in [0.1, 0.15) is 11.4 Å². The fourth-order valence-corrected chi connectivity index (χ4v) is 2.97. The van der Waals surface area contributed by atoms with Crippen LogP contribution in [0.4, 0.5) is 14.9 Å². The number of hydrogen-bond donors (Lipinski definition) is 2. The average Bonchev–Trinajstić information content (AvgIpc) is 2.84. The molecule has 5 nitrogen and oxygen atoms in total. The van der Waals surface area contributed by atoms with Gasteiger partial charge in [0.2, 0.25) is 0 Å². The number of hydrogen-bond acceptors (Lipinski definition) is 4. The molecule has 2 aromatic rings. The van der Waals surface area contributed by atoms with E-state index in [1.54, 1.807) is 32.9 Å². The molecule has 2 heterocycles. The molecule has 0 bridgehead atoms. The molecule has 0 spiro atoms. The number of anilines is 1. The lowest BCUT2D eigenvalue weighted by molar-refractivity contribution is 0.0535. The van der Waals surface area contributed by atoms with Gasteiger partial charge in [-0.3, -0.25) is 0 Å². The molecule has 0 unspecified atom stereocenters. The number of nitrogen functional groups attached to an aromatic ring is 1. The summed E-state index contributed by atoms with van der Waals surface area (Å²) in [6.45, 7) is 6.80. The molecule has 3 rings (SSSR count). The molecule has 1 aliphatic rings. The minimum absolute atomic E-state index is 0.234. The van der Waals surface area contributed by atoms with Gasteiger partial charge in [-0.1, -0.05) is 6.07 Å². The molecular weight excluding hydrogens is 309 g/mol. The zero-order valence-corrected chi connectivity index (χ0v) is 14.1. The first-order chi connectivity index (χ1) is 11.3. The van der Waals surface area contributed by atoms with Crippen LogP contribution in [-0.4, -0.2) is 22.8 Å². The SMILES string of the molecule is CC(C)(C)OC(=O)n1c(-c2c(N)cccc2F)cc2c1CCNC2. The van der Waals surface area contributed by atoms with Gasteiger partial charge in [0.05, 0.1) is 11.3 Å². The first-order valence-electron chi connectivity index (χ1n) is 8.00. The summed E-state index contributed by atoms with van der Waals surface area (Å²) in [4.78, 5) is 12.8. The van der Waals surface area contributed by atoms with Crippen LogP contribution < -0.4 is 11.1 Å². The monoisotopic (exact) mass is 331 g/mol. The molecule has 6 heteroatoms. The van der Waals surface area contributed by atoms with Crippen molar-refractivity contribution in [3.05, 3.63) is 41.3 Å². The van der Waals surface area contributed by atoms with Crippen molar-refractivity contribution in [1.29, 1.82) is 0 Å². The molecule has 1 aromatic carbocycles. The minimum Gasteiger partial charge on any atom is -0.443 e. The number of benzene rings is 1. The second-order valence-corrected chi connectivity index (χ2v) is 6.95. The van der Waals surface area contributed by atoms with Gasteiger partial charge in [-0.2, -0.15) is 0 Å². The highest BCUT2D eigenvalue weighted by Gasteiger charge is 2.28. The second kappa shape index (κ2) is 5.94. The number of fused-ring (bicyclic) bond motifs is 1. The van der Waals surface area contributed by atoms with Crippen molar-refractivity contribution in [1.82, 2.24) is 9.88 Å². The number of rotatable bonds is 1. The summed E-state index contributed by atoms with van der Waals surface area (Å²) < 4.78 is 21.4. The fourth-order valence-electron chi connectivity index (χ4n) is 2.97. The van der Waals surface area contributed by atoms with Crippen LogP contribution in [-0.2, 0) is 17.7 Å². The molecule has 24 heavy (non-hydrogen) atoms. The van der Waals surface area contributed by atoms with E-state index in [-0.39, 0.29) is 5.56 Å². The average molecular weight is 331 g/mol. The molecular formula is C18H22FN3O2. The van der Waals surface area contributed by atoms with Crippen molar-refractivity contribution in [2.75, 3.05) is 12.3 Å². The summed E-state index contributed by atoms with van der Waals surface area (Å²) in [5.74, 6) is -0.456. The first kappa shape index (κ1) is 16.5. The van der Waals surface area contributed by atoms with E-state index in [1.165, 1.54) is 10.6 Å². The molecule has 0 fully saturated rings. The Labute approximate surface area is 140 Å². The molecule has 0 aliphatic carbocycles. The summed E-state index contributed by atoms with van der Waals surface area (Å²) in [5.41, 5.74) is 8.12. The summed E-state index contributed by atoms with van der Waals surface area (Å²) >= 11 is 0. The van der Waals surface area contributed by atoms with E-state index in [9.17, 15) is 9.18 Å². The highest BCUT2D eigenvalue weighted by Crippen LogP contribution is 2.34. The maximum Gasteiger partial charge on any atom is 0.419 e. The van der Waals surface area contributed by atoms with Crippen LogP contribution in [0, 0.1) is 5.82 Å². The Balaban J connectivity index is 2.19. The van der Waals surface area contributed by atoms with Crippen molar-refractivity contribution in [3.8, 4) is 11.3 Å². The number of nitrogens with one attached hydrogen (secondary N) is 1. The number of carbonyl (C=O) groups excluding carboxylic acids is 1. The van der Waals surface area contributed by atoms with Crippen LogP contribution in [0.5, 0.6) is 0 Å². The number of halogens is 1. The Hall–Kier alpha value is -2.34. The summed E-state index contributed by atoms with van der Waals surface area (Å²) in [6.07, 6.45) is 0.159. The van der Waals surface area contributed by atoms with E-state index in [0.717, 1.165) is 17.8 Å². The molecule has 0 amide bonds. The predicted molar refractivity (Wildman–Crippen MR) is 91.3 cm³/mol. The first-order valence-corrected chi connectivity index (χ1v) is 8.00. The normalized spacial score (nSPS) is 14.3. The second-order valence-electron chi connectivity index (χ2n) is 6.95. The number of nitrogens with zero attached hydrogens (tertiary/aromatic N) is 1. The minimum atomic E-state index is -0.640. The maximum atomic E-state index is 14.4. The quantitative estimate of drug-likeness (QED) is 0.787. The fraction of sp³-hybridized carbons (Fsp3) is 0.389. The molecule has 0 saturated heterocycles. The molecule has 0 atom stereocenters. The van der Waals surface area contributed by atoms with E-state index >= 15 is 0 Å². The van der Waals surface area contributed by atoms with E-state index in [2.05, 4.69) is 5.32 Å². The highest BCUT2D eigenvalue weighted by atomic mass is 19.1. The van der Waals surface area contributed by atoms with Crippen LogP contribution in [0.2, 0.25) is 0 Å². The molecule has 0 saturated carbocycles. The van der Waals surface area contributed by atoms with Crippen molar-refractivity contribution in [2.24, 2.45) is 0 Å². The standard InChI is InChI=1S/C18H22FN3O2/c1-18(2,3)24-17(23)22-14-7-8-21-10-11(14)9-15(22)16-12(19)5-4-6-13(16)20/h4-6,9,21H,7-8,10,20H2,1-3H3. The smallest absolute Gasteiger partial charge is 0.419 e. The van der Waals surface area contributed by atoms with Crippen LogP contribution in [0.3, 0.4) is 0 Å². The van der Waals surface area contributed by atoms with Gasteiger partial charge in [0, 0.05) is 30.9 Å². The summed E-state index contributed by atoms with van der Waals surface area (Å²) in [5, 5.41) is 3.26. The van der Waals surface area contributed by atoms with E-state index in [4.69, 9.17) is 10.5 Å². The van der Waals surface area contributed by atoms with E-state index in [1.807, 2.05) is 6.07 Å². The van der Waals surface area contributed by atoms with Gasteiger partial charge in [0.25, 0.3) is 0 Å². The lowest BCUT2D eigenvalue weighted by Crippen LogP contribution is -2.31. The highest BCUT2D eigenvalue weighted by molar-refractivity contribution is 5.85.